The van der Waals surface area contributed by atoms with Gasteiger partial charge in [0.1, 0.15) is 16.0 Å². The van der Waals surface area contributed by atoms with E-state index in [9.17, 15) is 0 Å². The van der Waals surface area contributed by atoms with Crippen LogP contribution >= 0.6 is 39.3 Å². The average Bonchev–Trinajstić information content (AvgIpc) is 3.28. The topological polar surface area (TPSA) is 64.7 Å². The number of aromatic nitrogens is 4. The summed E-state index contributed by atoms with van der Waals surface area (Å²) < 4.78 is 6.62. The van der Waals surface area contributed by atoms with Crippen LogP contribution < -0.4 is 0 Å². The molecule has 2 aromatic heterocycles. The molecule has 0 atom stereocenters. The third-order valence-corrected chi connectivity index (χ3v) is 4.98. The smallest absolute Gasteiger partial charge is 0.283 e. The molecule has 1 aliphatic rings. The summed E-state index contributed by atoms with van der Waals surface area (Å²) in [4.78, 5) is 8.79. The average molecular weight is 410 g/mol. The molecule has 4 rings (SSSR count). The highest BCUT2D eigenvalue weighted by atomic mass is 79.9. The van der Waals surface area contributed by atoms with E-state index in [1.54, 1.807) is 6.07 Å². The third kappa shape index (κ3) is 3.41. The fourth-order valence-electron chi connectivity index (χ4n) is 2.07. The fourth-order valence-corrected chi connectivity index (χ4v) is 3.47. The number of benzene rings is 1. The third-order valence-electron chi connectivity index (χ3n) is 3.33. The largest absolute Gasteiger partial charge is 0.411 e. The van der Waals surface area contributed by atoms with E-state index >= 15 is 0 Å². The SMILES string of the molecule is Clc1cc(Sc2nnc(-c3ccccc3Br)o2)nc(C2CC2)n1. The molecule has 23 heavy (non-hydrogen) atoms. The lowest BCUT2D eigenvalue weighted by atomic mass is 10.2. The molecule has 0 bridgehead atoms. The lowest BCUT2D eigenvalue weighted by Crippen LogP contribution is -1.94. The van der Waals surface area contributed by atoms with E-state index in [1.165, 1.54) is 11.8 Å². The van der Waals surface area contributed by atoms with Gasteiger partial charge in [0.25, 0.3) is 5.22 Å². The Morgan fingerprint density at radius 3 is 2.78 bits per heavy atom. The number of rotatable bonds is 4. The van der Waals surface area contributed by atoms with E-state index in [0.29, 0.717) is 27.2 Å². The summed E-state index contributed by atoms with van der Waals surface area (Å²) in [7, 11) is 0. The van der Waals surface area contributed by atoms with Gasteiger partial charge in [-0.1, -0.05) is 23.7 Å². The molecule has 0 amide bonds. The van der Waals surface area contributed by atoms with Crippen LogP contribution in [0.15, 0.2) is 49.5 Å². The van der Waals surface area contributed by atoms with Crippen molar-refractivity contribution in [3.63, 3.8) is 0 Å². The second-order valence-corrected chi connectivity index (χ2v) is 7.33. The van der Waals surface area contributed by atoms with Gasteiger partial charge >= 0.3 is 0 Å². The highest BCUT2D eigenvalue weighted by molar-refractivity contribution is 9.10. The van der Waals surface area contributed by atoms with Gasteiger partial charge in [0.15, 0.2) is 0 Å². The molecule has 8 heteroatoms. The minimum Gasteiger partial charge on any atom is -0.411 e. The summed E-state index contributed by atoms with van der Waals surface area (Å²) in [6, 6.07) is 9.41. The lowest BCUT2D eigenvalue weighted by molar-refractivity contribution is 0.465. The first-order valence-electron chi connectivity index (χ1n) is 7.00. The van der Waals surface area contributed by atoms with Crippen LogP contribution in [0.5, 0.6) is 0 Å². The Bertz CT molecular complexity index is 868. The highest BCUT2D eigenvalue weighted by Gasteiger charge is 2.27. The van der Waals surface area contributed by atoms with Crippen LogP contribution in [-0.4, -0.2) is 20.2 Å². The molecule has 3 aromatic rings. The molecular weight excluding hydrogens is 400 g/mol. The molecule has 0 radical (unpaired) electrons. The monoisotopic (exact) mass is 408 g/mol. The van der Waals surface area contributed by atoms with Crippen molar-refractivity contribution in [2.24, 2.45) is 0 Å². The zero-order chi connectivity index (χ0) is 15.8. The van der Waals surface area contributed by atoms with Crippen molar-refractivity contribution in [2.75, 3.05) is 0 Å². The standard InChI is InChI=1S/C15H10BrClN4OS/c16-10-4-2-1-3-9(10)14-20-21-15(22-14)23-12-7-11(17)18-13(19-12)8-5-6-8/h1-4,7-8H,5-6H2. The number of nitrogens with zero attached hydrogens (tertiary/aromatic N) is 4. The minimum absolute atomic E-state index is 0.423. The quantitative estimate of drug-likeness (QED) is 0.567. The second kappa shape index (κ2) is 6.22. The van der Waals surface area contributed by atoms with Crippen LogP contribution in [0.25, 0.3) is 11.5 Å². The van der Waals surface area contributed by atoms with Crippen molar-refractivity contribution in [3.8, 4) is 11.5 Å². The molecule has 1 saturated carbocycles. The molecule has 1 fully saturated rings. The van der Waals surface area contributed by atoms with Crippen molar-refractivity contribution in [1.29, 1.82) is 0 Å². The van der Waals surface area contributed by atoms with Gasteiger partial charge < -0.3 is 4.42 Å². The summed E-state index contributed by atoms with van der Waals surface area (Å²) in [6.45, 7) is 0. The minimum atomic E-state index is 0.423. The maximum atomic E-state index is 6.07. The van der Waals surface area contributed by atoms with Gasteiger partial charge in [0, 0.05) is 16.5 Å². The van der Waals surface area contributed by atoms with Crippen LogP contribution in [0.3, 0.4) is 0 Å². The van der Waals surface area contributed by atoms with E-state index in [4.69, 9.17) is 16.0 Å². The van der Waals surface area contributed by atoms with E-state index in [0.717, 1.165) is 28.7 Å². The van der Waals surface area contributed by atoms with Crippen LogP contribution in [0.1, 0.15) is 24.6 Å². The van der Waals surface area contributed by atoms with Crippen molar-refractivity contribution in [3.05, 3.63) is 45.8 Å². The van der Waals surface area contributed by atoms with Crippen molar-refractivity contribution in [2.45, 2.75) is 29.0 Å². The molecule has 116 valence electrons. The normalized spacial score (nSPS) is 14.2. The Hall–Kier alpha value is -1.44. The summed E-state index contributed by atoms with van der Waals surface area (Å²) in [5.74, 6) is 1.69. The van der Waals surface area contributed by atoms with E-state index in [1.807, 2.05) is 24.3 Å². The van der Waals surface area contributed by atoms with Crippen molar-refractivity contribution >= 4 is 39.3 Å². The van der Waals surface area contributed by atoms with E-state index < -0.39 is 0 Å². The Morgan fingerprint density at radius 1 is 1.17 bits per heavy atom. The Kier molecular flexibility index (Phi) is 4.09. The van der Waals surface area contributed by atoms with Gasteiger partial charge in [-0.15, -0.1) is 10.2 Å². The first-order valence-corrected chi connectivity index (χ1v) is 8.98. The molecule has 0 spiro atoms. The Balaban J connectivity index is 1.59. The molecule has 2 heterocycles. The summed E-state index contributed by atoms with van der Waals surface area (Å²) in [5, 5.41) is 9.74. The number of hydrogen-bond donors (Lipinski definition) is 0. The molecule has 0 saturated heterocycles. The summed E-state index contributed by atoms with van der Waals surface area (Å²) >= 11 is 10.8. The molecule has 5 nitrogen and oxygen atoms in total. The molecular formula is C15H10BrClN4OS. The highest BCUT2D eigenvalue weighted by Crippen LogP contribution is 2.39. The number of halogens is 2. The van der Waals surface area contributed by atoms with Gasteiger partial charge in [0.05, 0.1) is 5.56 Å². The van der Waals surface area contributed by atoms with Gasteiger partial charge in [-0.25, -0.2) is 9.97 Å². The lowest BCUT2D eigenvalue weighted by Gasteiger charge is -2.01. The zero-order valence-corrected chi connectivity index (χ0v) is 14.9. The van der Waals surface area contributed by atoms with Gasteiger partial charge in [0.2, 0.25) is 5.89 Å². The van der Waals surface area contributed by atoms with E-state index in [2.05, 4.69) is 36.1 Å². The van der Waals surface area contributed by atoms with Crippen LogP contribution in [0, 0.1) is 0 Å². The van der Waals surface area contributed by atoms with Gasteiger partial charge in [-0.05, 0) is 52.7 Å². The van der Waals surface area contributed by atoms with Gasteiger partial charge in [-0.2, -0.15) is 0 Å². The maximum absolute atomic E-state index is 6.07. The first kappa shape index (κ1) is 15.1. The van der Waals surface area contributed by atoms with Crippen LogP contribution in [0.4, 0.5) is 0 Å². The van der Waals surface area contributed by atoms with Crippen molar-refractivity contribution < 1.29 is 4.42 Å². The number of hydrogen-bond acceptors (Lipinski definition) is 6. The molecule has 1 aliphatic carbocycles. The molecule has 0 aliphatic heterocycles. The summed E-state index contributed by atoms with van der Waals surface area (Å²) in [6.07, 6.45) is 2.24. The molecule has 0 unspecified atom stereocenters. The second-order valence-electron chi connectivity index (χ2n) is 5.12. The zero-order valence-electron chi connectivity index (χ0n) is 11.7. The van der Waals surface area contributed by atoms with Crippen molar-refractivity contribution in [1.82, 2.24) is 20.2 Å². The molecule has 1 aromatic carbocycles. The Morgan fingerprint density at radius 2 is 2.00 bits per heavy atom. The van der Waals surface area contributed by atoms with Gasteiger partial charge in [-0.3, -0.25) is 0 Å². The predicted octanol–water partition coefficient (Wildman–Crippen LogP) is 4.97. The summed E-state index contributed by atoms with van der Waals surface area (Å²) in [5.41, 5.74) is 0.853. The predicted molar refractivity (Wildman–Crippen MR) is 90.6 cm³/mol. The maximum Gasteiger partial charge on any atom is 0.283 e. The van der Waals surface area contributed by atoms with E-state index in [-0.39, 0.29) is 0 Å². The molecule has 0 N–H and O–H groups in total. The first-order chi connectivity index (χ1) is 11.2. The Labute approximate surface area is 150 Å². The van der Waals surface area contributed by atoms with Crippen LogP contribution in [0.2, 0.25) is 5.15 Å². The van der Waals surface area contributed by atoms with Crippen LogP contribution in [-0.2, 0) is 0 Å². The fraction of sp³-hybridized carbons (Fsp3) is 0.200.